The van der Waals surface area contributed by atoms with Crippen LogP contribution in [0.4, 0.5) is 11.5 Å². The summed E-state index contributed by atoms with van der Waals surface area (Å²) in [7, 11) is 0. The van der Waals surface area contributed by atoms with Crippen LogP contribution in [0, 0.1) is 10.1 Å². The molecule has 0 saturated carbocycles. The van der Waals surface area contributed by atoms with E-state index in [1.807, 2.05) is 0 Å². The Hall–Kier alpha value is -2.71. The lowest BCUT2D eigenvalue weighted by molar-refractivity contribution is -0.385. The fourth-order valence-corrected chi connectivity index (χ4v) is 1.26. The first kappa shape index (κ1) is 14.4. The highest BCUT2D eigenvalue weighted by Crippen LogP contribution is 2.16. The second-order valence-corrected chi connectivity index (χ2v) is 3.52. The minimum atomic E-state index is -0.694. The molecule has 0 radical (unpaired) electrons. The number of nitrogens with one attached hydrogen (secondary N) is 2. The minimum Gasteiger partial charge on any atom is -0.383 e. The maximum Gasteiger partial charge on any atom is 0.288 e. The number of likely N-dealkylation sites (N-methyl/N-ethyl adjacent to an activating group) is 1. The largest absolute Gasteiger partial charge is 0.383 e. The summed E-state index contributed by atoms with van der Waals surface area (Å²) < 4.78 is 0. The highest BCUT2D eigenvalue weighted by molar-refractivity contribution is 6.00. The van der Waals surface area contributed by atoms with Gasteiger partial charge in [0.05, 0.1) is 17.0 Å². The van der Waals surface area contributed by atoms with Crippen LogP contribution in [0.25, 0.3) is 0 Å². The van der Waals surface area contributed by atoms with Crippen molar-refractivity contribution in [2.75, 3.05) is 18.8 Å². The molecule has 0 aliphatic rings. The van der Waals surface area contributed by atoms with Crippen LogP contribution in [0.1, 0.15) is 17.3 Å². The minimum absolute atomic E-state index is 0.140. The Morgan fingerprint density at radius 3 is 2.74 bits per heavy atom. The lowest BCUT2D eigenvalue weighted by Gasteiger charge is -2.06. The normalized spacial score (nSPS) is 9.74. The number of amides is 2. The molecule has 4 N–H and O–H groups in total. The van der Waals surface area contributed by atoms with Gasteiger partial charge < -0.3 is 16.4 Å². The Morgan fingerprint density at radius 1 is 1.47 bits per heavy atom. The SMILES string of the molecule is CCNC(=O)CNC(=O)c1cc([N+](=O)[O-])cnc1N. The van der Waals surface area contributed by atoms with Crippen LogP contribution in [-0.2, 0) is 4.79 Å². The third-order valence-electron chi connectivity index (χ3n) is 2.14. The van der Waals surface area contributed by atoms with Crippen LogP contribution >= 0.6 is 0 Å². The summed E-state index contributed by atoms with van der Waals surface area (Å²) in [6.45, 7) is 1.94. The number of aromatic nitrogens is 1. The molecule has 0 atom stereocenters. The van der Waals surface area contributed by atoms with Crippen molar-refractivity contribution < 1.29 is 14.5 Å². The van der Waals surface area contributed by atoms with Crippen molar-refractivity contribution in [3.8, 4) is 0 Å². The number of nitrogens with two attached hydrogens (primary N) is 1. The van der Waals surface area contributed by atoms with Gasteiger partial charge >= 0.3 is 0 Å². The van der Waals surface area contributed by atoms with Crippen LogP contribution in [0.5, 0.6) is 0 Å². The quantitative estimate of drug-likeness (QED) is 0.482. The van der Waals surface area contributed by atoms with Gasteiger partial charge in [-0.15, -0.1) is 0 Å². The number of pyridine rings is 1. The summed E-state index contributed by atoms with van der Waals surface area (Å²) in [6.07, 6.45) is 0.954. The van der Waals surface area contributed by atoms with E-state index in [1.54, 1.807) is 6.92 Å². The number of nitrogen functional groups attached to an aromatic ring is 1. The third kappa shape index (κ3) is 3.91. The highest BCUT2D eigenvalue weighted by Gasteiger charge is 2.16. The number of hydrogen-bond acceptors (Lipinski definition) is 6. The van der Waals surface area contributed by atoms with E-state index in [2.05, 4.69) is 15.6 Å². The number of carbonyl (C=O) groups excluding carboxylic acids is 2. The number of rotatable bonds is 5. The van der Waals surface area contributed by atoms with Gasteiger partial charge in [0.15, 0.2) is 0 Å². The molecular weight excluding hydrogens is 254 g/mol. The van der Waals surface area contributed by atoms with Crippen LogP contribution in [0.3, 0.4) is 0 Å². The van der Waals surface area contributed by atoms with Gasteiger partial charge in [-0.3, -0.25) is 19.7 Å². The lowest BCUT2D eigenvalue weighted by atomic mass is 10.2. The molecule has 1 aromatic rings. The monoisotopic (exact) mass is 267 g/mol. The van der Waals surface area contributed by atoms with E-state index in [0.29, 0.717) is 6.54 Å². The van der Waals surface area contributed by atoms with Gasteiger partial charge in [-0.05, 0) is 6.92 Å². The van der Waals surface area contributed by atoms with Gasteiger partial charge in [0.1, 0.15) is 12.0 Å². The molecule has 0 aromatic carbocycles. The van der Waals surface area contributed by atoms with Crippen molar-refractivity contribution in [3.63, 3.8) is 0 Å². The molecule has 1 aromatic heterocycles. The van der Waals surface area contributed by atoms with E-state index in [4.69, 9.17) is 5.73 Å². The molecule has 0 saturated heterocycles. The molecule has 1 rings (SSSR count). The highest BCUT2D eigenvalue weighted by atomic mass is 16.6. The Bertz CT molecular complexity index is 517. The second kappa shape index (κ2) is 6.28. The summed E-state index contributed by atoms with van der Waals surface area (Å²) in [5.41, 5.74) is 4.97. The maximum atomic E-state index is 11.7. The molecule has 9 heteroatoms. The van der Waals surface area contributed by atoms with Crippen LogP contribution in [0.2, 0.25) is 0 Å². The first-order valence-corrected chi connectivity index (χ1v) is 5.40. The molecule has 0 fully saturated rings. The molecule has 0 aliphatic heterocycles. The summed E-state index contributed by atoms with van der Waals surface area (Å²) in [4.78, 5) is 36.3. The van der Waals surface area contributed by atoms with Gasteiger partial charge in [0.2, 0.25) is 5.91 Å². The standard InChI is InChI=1S/C10H13N5O4/c1-2-12-8(16)5-14-10(17)7-3-6(15(18)19)4-13-9(7)11/h3-4H,2,5H2,1H3,(H2,11,13)(H,12,16)(H,14,17). The fourth-order valence-electron chi connectivity index (χ4n) is 1.26. The van der Waals surface area contributed by atoms with Crippen molar-refractivity contribution in [1.82, 2.24) is 15.6 Å². The number of nitrogens with zero attached hydrogens (tertiary/aromatic N) is 2. The van der Waals surface area contributed by atoms with E-state index in [-0.39, 0.29) is 29.5 Å². The first-order valence-electron chi connectivity index (χ1n) is 5.40. The average Bonchev–Trinajstić information content (AvgIpc) is 2.36. The van der Waals surface area contributed by atoms with E-state index in [9.17, 15) is 19.7 Å². The van der Waals surface area contributed by atoms with E-state index in [0.717, 1.165) is 12.3 Å². The summed E-state index contributed by atoms with van der Waals surface area (Å²) in [5.74, 6) is -1.20. The van der Waals surface area contributed by atoms with Gasteiger partial charge in [0.25, 0.3) is 11.6 Å². The fraction of sp³-hybridized carbons (Fsp3) is 0.300. The Balaban J connectivity index is 2.79. The summed E-state index contributed by atoms with van der Waals surface area (Å²) in [5, 5.41) is 15.4. The average molecular weight is 267 g/mol. The summed E-state index contributed by atoms with van der Waals surface area (Å²) >= 11 is 0. The van der Waals surface area contributed by atoms with E-state index >= 15 is 0 Å². The molecule has 19 heavy (non-hydrogen) atoms. The number of hydrogen-bond donors (Lipinski definition) is 3. The zero-order valence-corrected chi connectivity index (χ0v) is 10.2. The lowest BCUT2D eigenvalue weighted by Crippen LogP contribution is -2.37. The number of nitro groups is 1. The molecule has 9 nitrogen and oxygen atoms in total. The number of carbonyl (C=O) groups is 2. The molecule has 0 unspecified atom stereocenters. The van der Waals surface area contributed by atoms with Gasteiger partial charge in [-0.25, -0.2) is 4.98 Å². The Labute approximate surface area is 108 Å². The van der Waals surface area contributed by atoms with Crippen LogP contribution in [0.15, 0.2) is 12.3 Å². The van der Waals surface area contributed by atoms with E-state index in [1.165, 1.54) is 0 Å². The van der Waals surface area contributed by atoms with Crippen molar-refractivity contribution in [3.05, 3.63) is 27.9 Å². The molecule has 2 amide bonds. The van der Waals surface area contributed by atoms with Crippen molar-refractivity contribution in [1.29, 1.82) is 0 Å². The van der Waals surface area contributed by atoms with Crippen LogP contribution in [-0.4, -0.2) is 34.8 Å². The van der Waals surface area contributed by atoms with Gasteiger partial charge in [-0.2, -0.15) is 0 Å². The second-order valence-electron chi connectivity index (χ2n) is 3.52. The molecule has 0 bridgehead atoms. The topological polar surface area (TPSA) is 140 Å². The van der Waals surface area contributed by atoms with Crippen molar-refractivity contribution >= 4 is 23.3 Å². The van der Waals surface area contributed by atoms with E-state index < -0.39 is 10.8 Å². The van der Waals surface area contributed by atoms with Gasteiger partial charge in [0, 0.05) is 12.6 Å². The third-order valence-corrected chi connectivity index (χ3v) is 2.14. The molecular formula is C10H13N5O4. The van der Waals surface area contributed by atoms with Gasteiger partial charge in [-0.1, -0.05) is 0 Å². The zero-order chi connectivity index (χ0) is 14.4. The first-order chi connectivity index (χ1) is 8.95. The predicted octanol–water partition coefficient (Wildman–Crippen LogP) is -0.562. The van der Waals surface area contributed by atoms with Crippen molar-refractivity contribution in [2.45, 2.75) is 6.92 Å². The zero-order valence-electron chi connectivity index (χ0n) is 10.2. The number of anilines is 1. The smallest absolute Gasteiger partial charge is 0.288 e. The summed E-state index contributed by atoms with van der Waals surface area (Å²) in [6, 6.07) is 1.01. The maximum absolute atomic E-state index is 11.7. The molecule has 0 aliphatic carbocycles. The molecule has 1 heterocycles. The Morgan fingerprint density at radius 2 is 2.16 bits per heavy atom. The van der Waals surface area contributed by atoms with Crippen LogP contribution < -0.4 is 16.4 Å². The van der Waals surface area contributed by atoms with Crippen molar-refractivity contribution in [2.24, 2.45) is 0 Å². The Kier molecular flexibility index (Phi) is 4.75. The predicted molar refractivity (Wildman–Crippen MR) is 66.3 cm³/mol. The molecule has 0 spiro atoms. The molecule has 102 valence electrons.